The van der Waals surface area contributed by atoms with Crippen LogP contribution in [0, 0.1) is 23.1 Å². The first-order chi connectivity index (χ1) is 15.2. The van der Waals surface area contributed by atoms with Crippen LogP contribution in [0.1, 0.15) is 66.9 Å². The molecule has 0 radical (unpaired) electrons. The topological polar surface area (TPSA) is 81.0 Å². The minimum Gasteiger partial charge on any atom is -0.492 e. The van der Waals surface area contributed by atoms with Crippen LogP contribution in [-0.4, -0.2) is 54.6 Å². The molecular weight excluding hydrogens is 426 g/mol. The first-order valence-electron chi connectivity index (χ1n) is 11.4. The Hall–Kier alpha value is -2.31. The zero-order valence-electron chi connectivity index (χ0n) is 20.7. The van der Waals surface area contributed by atoms with E-state index in [0.717, 1.165) is 12.8 Å². The van der Waals surface area contributed by atoms with Gasteiger partial charge in [-0.05, 0) is 79.4 Å². The van der Waals surface area contributed by atoms with Gasteiger partial charge in [0.25, 0.3) is 0 Å². The zero-order valence-corrected chi connectivity index (χ0v) is 20.7. The van der Waals surface area contributed by atoms with E-state index >= 15 is 0 Å². The van der Waals surface area contributed by atoms with Crippen LogP contribution in [0.2, 0.25) is 0 Å². The van der Waals surface area contributed by atoms with E-state index in [2.05, 4.69) is 0 Å². The maximum atomic E-state index is 14.8. The van der Waals surface area contributed by atoms with Gasteiger partial charge in [-0.3, -0.25) is 0 Å². The lowest BCUT2D eigenvalue weighted by molar-refractivity contribution is 0.00578. The van der Waals surface area contributed by atoms with E-state index in [0.29, 0.717) is 25.4 Å². The molecule has 9 heteroatoms. The van der Waals surface area contributed by atoms with Crippen molar-refractivity contribution in [3.05, 3.63) is 23.5 Å². The van der Waals surface area contributed by atoms with Gasteiger partial charge in [0, 0.05) is 18.6 Å². The number of nitriles is 1. The average molecular weight is 460 g/mol. The Labute approximate surface area is 196 Å². The molecule has 180 valence electrons. The molecule has 1 aromatic rings. The summed E-state index contributed by atoms with van der Waals surface area (Å²) in [6.45, 7) is 14.7. The summed E-state index contributed by atoms with van der Waals surface area (Å²) in [6.07, 6.45) is 1.21. The maximum absolute atomic E-state index is 14.8. The van der Waals surface area contributed by atoms with Crippen molar-refractivity contribution in [1.82, 2.24) is 4.90 Å². The summed E-state index contributed by atoms with van der Waals surface area (Å²) in [4.78, 5) is 14.0. The predicted octanol–water partition coefficient (Wildman–Crippen LogP) is 4.02. The Bertz CT molecular complexity index is 914. The SMILES string of the molecule is CC(C)(C)OC(=O)N1CCC(COc2cc(B3OC(C)(C)C(C)(C)O3)c(F)cc2C#N)CC1. The predicted molar refractivity (Wildman–Crippen MR) is 123 cm³/mol. The number of benzene rings is 1. The Morgan fingerprint density at radius 3 is 2.30 bits per heavy atom. The zero-order chi connectivity index (χ0) is 24.6. The number of carbonyl (C=O) groups is 1. The number of piperidine rings is 1. The smallest absolute Gasteiger partial charge is 0.492 e. The summed E-state index contributed by atoms with van der Waals surface area (Å²) in [5.74, 6) is -0.0539. The number of ether oxygens (including phenoxy) is 2. The molecule has 0 atom stereocenters. The largest absolute Gasteiger partial charge is 0.497 e. The normalized spacial score (nSPS) is 20.5. The molecule has 2 fully saturated rings. The average Bonchev–Trinajstić information content (AvgIpc) is 2.92. The molecule has 1 aromatic carbocycles. The molecule has 7 nitrogen and oxygen atoms in total. The molecule has 0 N–H and O–H groups in total. The van der Waals surface area contributed by atoms with Crippen molar-refractivity contribution in [1.29, 1.82) is 5.26 Å². The standard InChI is InChI=1S/C24H34BFN2O5/c1-22(2,3)31-21(29)28-10-8-16(9-11-28)15-30-20-13-18(19(26)12-17(20)14-27)25-32-23(4,5)24(6,7)33-25/h12-13,16H,8-11,15H2,1-7H3. The number of halogens is 1. The van der Waals surface area contributed by atoms with E-state index in [1.807, 2.05) is 54.5 Å². The van der Waals surface area contributed by atoms with Crippen molar-refractivity contribution in [2.75, 3.05) is 19.7 Å². The third-order valence-electron chi connectivity index (χ3n) is 6.47. The minimum absolute atomic E-state index is 0.124. The van der Waals surface area contributed by atoms with Gasteiger partial charge in [-0.1, -0.05) is 0 Å². The van der Waals surface area contributed by atoms with Crippen LogP contribution in [0.3, 0.4) is 0 Å². The highest BCUT2D eigenvalue weighted by Gasteiger charge is 2.52. The second-order valence-electron chi connectivity index (χ2n) is 10.8. The van der Waals surface area contributed by atoms with Crippen LogP contribution < -0.4 is 10.2 Å². The number of hydrogen-bond acceptors (Lipinski definition) is 6. The highest BCUT2D eigenvalue weighted by Crippen LogP contribution is 2.37. The Balaban J connectivity index is 1.64. The summed E-state index contributed by atoms with van der Waals surface area (Å²) in [5.41, 5.74) is -1.41. The molecule has 2 heterocycles. The summed E-state index contributed by atoms with van der Waals surface area (Å²) in [7, 11) is -0.887. The molecule has 0 unspecified atom stereocenters. The first-order valence-corrected chi connectivity index (χ1v) is 11.4. The second-order valence-corrected chi connectivity index (χ2v) is 10.8. The Kier molecular flexibility index (Phi) is 7.02. The van der Waals surface area contributed by atoms with Gasteiger partial charge in [0.05, 0.1) is 23.4 Å². The van der Waals surface area contributed by atoms with E-state index in [-0.39, 0.29) is 23.0 Å². The summed E-state index contributed by atoms with van der Waals surface area (Å²) < 4.78 is 38.1. The number of hydrogen-bond donors (Lipinski definition) is 0. The van der Waals surface area contributed by atoms with Gasteiger partial charge >= 0.3 is 13.2 Å². The lowest BCUT2D eigenvalue weighted by Gasteiger charge is -2.33. The van der Waals surface area contributed by atoms with Crippen LogP contribution in [0.25, 0.3) is 0 Å². The first kappa shape index (κ1) is 25.3. The van der Waals surface area contributed by atoms with E-state index < -0.39 is 29.7 Å². The van der Waals surface area contributed by atoms with Crippen molar-refractivity contribution in [2.45, 2.75) is 78.1 Å². The van der Waals surface area contributed by atoms with Gasteiger partial charge < -0.3 is 23.7 Å². The molecule has 1 amide bonds. The minimum atomic E-state index is -0.887. The van der Waals surface area contributed by atoms with Crippen molar-refractivity contribution >= 4 is 18.7 Å². The van der Waals surface area contributed by atoms with Crippen molar-refractivity contribution in [3.8, 4) is 11.8 Å². The molecule has 0 saturated carbocycles. The third kappa shape index (κ3) is 5.79. The fourth-order valence-electron chi connectivity index (χ4n) is 3.74. The van der Waals surface area contributed by atoms with Gasteiger partial charge in [-0.2, -0.15) is 5.26 Å². The van der Waals surface area contributed by atoms with Gasteiger partial charge in [0.15, 0.2) is 0 Å². The molecule has 0 spiro atoms. The van der Waals surface area contributed by atoms with Gasteiger partial charge in [0.2, 0.25) is 0 Å². The quantitative estimate of drug-likeness (QED) is 0.632. The summed E-state index contributed by atoms with van der Waals surface area (Å²) in [6, 6.07) is 4.68. The van der Waals surface area contributed by atoms with Gasteiger partial charge in [-0.15, -0.1) is 0 Å². The molecule has 0 aromatic heterocycles. The van der Waals surface area contributed by atoms with Crippen molar-refractivity contribution in [2.24, 2.45) is 5.92 Å². The number of rotatable bonds is 4. The lowest BCUT2D eigenvalue weighted by atomic mass is 9.78. The Morgan fingerprint density at radius 1 is 1.21 bits per heavy atom. The van der Waals surface area contributed by atoms with E-state index in [4.69, 9.17) is 18.8 Å². The fourth-order valence-corrected chi connectivity index (χ4v) is 3.74. The van der Waals surface area contributed by atoms with Crippen molar-refractivity contribution in [3.63, 3.8) is 0 Å². The van der Waals surface area contributed by atoms with E-state index in [9.17, 15) is 14.4 Å². The summed E-state index contributed by atoms with van der Waals surface area (Å²) >= 11 is 0. The molecule has 2 saturated heterocycles. The molecule has 2 aliphatic rings. The van der Waals surface area contributed by atoms with Crippen LogP contribution in [-0.2, 0) is 14.0 Å². The molecule has 3 rings (SSSR count). The molecule has 33 heavy (non-hydrogen) atoms. The molecule has 0 aliphatic carbocycles. The highest BCUT2D eigenvalue weighted by molar-refractivity contribution is 6.62. The van der Waals surface area contributed by atoms with Gasteiger partial charge in [0.1, 0.15) is 23.2 Å². The number of likely N-dealkylation sites (tertiary alicyclic amines) is 1. The van der Waals surface area contributed by atoms with E-state index in [1.54, 1.807) is 4.90 Å². The van der Waals surface area contributed by atoms with E-state index in [1.165, 1.54) is 12.1 Å². The van der Waals surface area contributed by atoms with Gasteiger partial charge in [-0.25, -0.2) is 9.18 Å². The highest BCUT2D eigenvalue weighted by atomic mass is 19.1. The van der Waals surface area contributed by atoms with Crippen LogP contribution in [0.15, 0.2) is 12.1 Å². The third-order valence-corrected chi connectivity index (χ3v) is 6.47. The number of amides is 1. The van der Waals surface area contributed by atoms with Crippen molar-refractivity contribution < 1.29 is 28.0 Å². The number of carbonyl (C=O) groups excluding carboxylic acids is 1. The fraction of sp³-hybridized carbons (Fsp3) is 0.667. The van der Waals surface area contributed by atoms with Crippen LogP contribution in [0.4, 0.5) is 9.18 Å². The lowest BCUT2D eigenvalue weighted by Crippen LogP contribution is -2.42. The molecule has 0 bridgehead atoms. The Morgan fingerprint density at radius 2 is 1.79 bits per heavy atom. The second kappa shape index (κ2) is 9.15. The van der Waals surface area contributed by atoms with Crippen LogP contribution in [0.5, 0.6) is 5.75 Å². The maximum Gasteiger partial charge on any atom is 0.497 e. The molecule has 2 aliphatic heterocycles. The number of nitrogens with zero attached hydrogens (tertiary/aromatic N) is 2. The van der Waals surface area contributed by atoms with Crippen LogP contribution >= 0.6 is 0 Å². The molecular formula is C24H34BFN2O5. The monoisotopic (exact) mass is 460 g/mol. The summed E-state index contributed by atoms with van der Waals surface area (Å²) in [5, 5.41) is 9.47.